The summed E-state index contributed by atoms with van der Waals surface area (Å²) in [5, 5.41) is 8.83. The van der Waals surface area contributed by atoms with E-state index < -0.39 is 11.6 Å². The summed E-state index contributed by atoms with van der Waals surface area (Å²) in [5.74, 6) is -0.339. The number of hydrogen-bond acceptors (Lipinski definition) is 2. The summed E-state index contributed by atoms with van der Waals surface area (Å²) in [4.78, 5) is 10.7. The van der Waals surface area contributed by atoms with Crippen molar-refractivity contribution in [1.29, 1.82) is 0 Å². The molecule has 3 nitrogen and oxygen atoms in total. The first kappa shape index (κ1) is 7.10. The zero-order valence-electron chi connectivity index (χ0n) is 6.54. The van der Waals surface area contributed by atoms with Crippen molar-refractivity contribution in [2.45, 2.75) is 37.9 Å². The first-order valence-electron chi connectivity index (χ1n) is 4.08. The third-order valence-electron chi connectivity index (χ3n) is 2.83. The van der Waals surface area contributed by atoms with Gasteiger partial charge in [-0.3, -0.25) is 0 Å². The summed E-state index contributed by atoms with van der Waals surface area (Å²) in [6.07, 6.45) is 2.81. The molecular formula is C8H12O3. The smallest absolute Gasteiger partial charge is 0.338 e. The van der Waals surface area contributed by atoms with Gasteiger partial charge in [0.1, 0.15) is 6.10 Å². The number of hydrogen-bond donors (Lipinski definition) is 1. The molecule has 0 aromatic heterocycles. The van der Waals surface area contributed by atoms with Gasteiger partial charge in [-0.25, -0.2) is 4.79 Å². The number of epoxide rings is 1. The number of rotatable bonds is 1. The number of carboxylic acid groups (broad SMARTS) is 1. The van der Waals surface area contributed by atoms with Gasteiger partial charge in [0, 0.05) is 0 Å². The van der Waals surface area contributed by atoms with E-state index in [0.717, 1.165) is 12.8 Å². The summed E-state index contributed by atoms with van der Waals surface area (Å²) >= 11 is 0. The van der Waals surface area contributed by atoms with Crippen LogP contribution in [0.2, 0.25) is 0 Å². The van der Waals surface area contributed by atoms with Crippen LogP contribution >= 0.6 is 0 Å². The maximum atomic E-state index is 10.7. The van der Waals surface area contributed by atoms with Gasteiger partial charge < -0.3 is 9.84 Å². The van der Waals surface area contributed by atoms with Gasteiger partial charge in [-0.2, -0.15) is 0 Å². The first-order valence-corrected chi connectivity index (χ1v) is 4.08. The van der Waals surface area contributed by atoms with E-state index in [0.29, 0.717) is 12.3 Å². The van der Waals surface area contributed by atoms with Crippen LogP contribution in [0.4, 0.5) is 0 Å². The number of ether oxygens (including phenoxy) is 1. The SMILES string of the molecule is CC1CCCC2(C(=O)O)OC12. The molecule has 62 valence electrons. The molecule has 1 aliphatic carbocycles. The Morgan fingerprint density at radius 2 is 2.45 bits per heavy atom. The van der Waals surface area contributed by atoms with Crippen LogP contribution in [0.1, 0.15) is 26.2 Å². The topological polar surface area (TPSA) is 49.8 Å². The van der Waals surface area contributed by atoms with E-state index in [2.05, 4.69) is 6.92 Å². The maximum absolute atomic E-state index is 10.7. The fraction of sp³-hybridized carbons (Fsp3) is 0.875. The molecule has 3 unspecified atom stereocenters. The minimum Gasteiger partial charge on any atom is -0.479 e. The summed E-state index contributed by atoms with van der Waals surface area (Å²) in [7, 11) is 0. The highest BCUT2D eigenvalue weighted by molar-refractivity contribution is 5.81. The number of carboxylic acids is 1. The molecule has 0 amide bonds. The highest BCUT2D eigenvalue weighted by atomic mass is 16.6. The van der Waals surface area contributed by atoms with E-state index in [-0.39, 0.29) is 6.10 Å². The van der Waals surface area contributed by atoms with Crippen LogP contribution in [0.25, 0.3) is 0 Å². The predicted molar refractivity (Wildman–Crippen MR) is 38.3 cm³/mol. The number of aliphatic carboxylic acids is 1. The quantitative estimate of drug-likeness (QED) is 0.577. The molecule has 1 saturated heterocycles. The van der Waals surface area contributed by atoms with Gasteiger partial charge in [0.25, 0.3) is 0 Å². The molecule has 3 atom stereocenters. The summed E-state index contributed by atoms with van der Waals surface area (Å²) in [6.45, 7) is 2.06. The number of carbonyl (C=O) groups is 1. The van der Waals surface area contributed by atoms with Gasteiger partial charge in [-0.15, -0.1) is 0 Å². The third-order valence-corrected chi connectivity index (χ3v) is 2.83. The molecule has 0 aromatic carbocycles. The van der Waals surface area contributed by atoms with Crippen molar-refractivity contribution in [2.75, 3.05) is 0 Å². The Hall–Kier alpha value is -0.570. The number of fused-ring (bicyclic) bond motifs is 1. The second kappa shape index (κ2) is 1.97. The molecule has 2 rings (SSSR count). The van der Waals surface area contributed by atoms with Gasteiger partial charge in [-0.05, 0) is 25.2 Å². The molecule has 0 spiro atoms. The molecule has 1 saturated carbocycles. The average molecular weight is 156 g/mol. The van der Waals surface area contributed by atoms with Crippen LogP contribution in [-0.4, -0.2) is 22.8 Å². The Kier molecular flexibility index (Phi) is 1.27. The van der Waals surface area contributed by atoms with Gasteiger partial charge in [0.15, 0.2) is 5.60 Å². The van der Waals surface area contributed by atoms with Crippen LogP contribution in [0, 0.1) is 5.92 Å². The zero-order valence-corrected chi connectivity index (χ0v) is 6.54. The van der Waals surface area contributed by atoms with Crippen LogP contribution < -0.4 is 0 Å². The lowest BCUT2D eigenvalue weighted by atomic mass is 9.82. The minimum atomic E-state index is -0.769. The van der Waals surface area contributed by atoms with Crippen molar-refractivity contribution in [3.05, 3.63) is 0 Å². The second-order valence-corrected chi connectivity index (χ2v) is 3.60. The lowest BCUT2D eigenvalue weighted by Crippen LogP contribution is -2.32. The van der Waals surface area contributed by atoms with E-state index in [1.54, 1.807) is 0 Å². The lowest BCUT2D eigenvalue weighted by molar-refractivity contribution is -0.143. The van der Waals surface area contributed by atoms with Crippen molar-refractivity contribution in [3.8, 4) is 0 Å². The normalized spacial score (nSPS) is 48.1. The Labute approximate surface area is 65.4 Å². The second-order valence-electron chi connectivity index (χ2n) is 3.60. The molecule has 1 N–H and O–H groups in total. The molecule has 3 heteroatoms. The van der Waals surface area contributed by atoms with E-state index in [1.807, 2.05) is 0 Å². The fourth-order valence-electron chi connectivity index (χ4n) is 2.09. The van der Waals surface area contributed by atoms with Crippen LogP contribution in [-0.2, 0) is 9.53 Å². The van der Waals surface area contributed by atoms with Crippen molar-refractivity contribution in [3.63, 3.8) is 0 Å². The Balaban J connectivity index is 2.14. The average Bonchev–Trinajstić information content (AvgIpc) is 2.64. The van der Waals surface area contributed by atoms with Gasteiger partial charge >= 0.3 is 5.97 Å². The predicted octanol–water partition coefficient (Wildman–Crippen LogP) is 1.03. The first-order chi connectivity index (χ1) is 5.17. The molecule has 0 radical (unpaired) electrons. The van der Waals surface area contributed by atoms with E-state index in [4.69, 9.17) is 9.84 Å². The van der Waals surface area contributed by atoms with Gasteiger partial charge in [-0.1, -0.05) is 6.92 Å². The highest BCUT2D eigenvalue weighted by Gasteiger charge is 2.65. The van der Waals surface area contributed by atoms with E-state index in [1.165, 1.54) is 0 Å². The Morgan fingerprint density at radius 1 is 1.73 bits per heavy atom. The van der Waals surface area contributed by atoms with Gasteiger partial charge in [0.2, 0.25) is 0 Å². The van der Waals surface area contributed by atoms with Crippen LogP contribution in [0.15, 0.2) is 0 Å². The van der Waals surface area contributed by atoms with E-state index >= 15 is 0 Å². The fourth-order valence-corrected chi connectivity index (χ4v) is 2.09. The lowest BCUT2D eigenvalue weighted by Gasteiger charge is -2.17. The molecule has 11 heavy (non-hydrogen) atoms. The van der Waals surface area contributed by atoms with Crippen molar-refractivity contribution >= 4 is 5.97 Å². The Morgan fingerprint density at radius 3 is 3.00 bits per heavy atom. The monoisotopic (exact) mass is 156 g/mol. The van der Waals surface area contributed by atoms with E-state index in [9.17, 15) is 4.79 Å². The van der Waals surface area contributed by atoms with Crippen LogP contribution in [0.3, 0.4) is 0 Å². The third kappa shape index (κ3) is 0.805. The minimum absolute atomic E-state index is 0.00810. The zero-order chi connectivity index (χ0) is 8.06. The standard InChI is InChI=1S/C8H12O3/c1-5-3-2-4-8(7(9)10)6(5)11-8/h5-6H,2-4H2,1H3,(H,9,10). The van der Waals surface area contributed by atoms with Crippen molar-refractivity contribution < 1.29 is 14.6 Å². The van der Waals surface area contributed by atoms with Crippen molar-refractivity contribution in [1.82, 2.24) is 0 Å². The highest BCUT2D eigenvalue weighted by Crippen LogP contribution is 2.50. The van der Waals surface area contributed by atoms with Gasteiger partial charge in [0.05, 0.1) is 0 Å². The Bertz CT molecular complexity index is 202. The molecule has 2 aliphatic rings. The molecular weight excluding hydrogens is 144 g/mol. The summed E-state index contributed by atoms with van der Waals surface area (Å²) < 4.78 is 5.24. The van der Waals surface area contributed by atoms with Crippen molar-refractivity contribution in [2.24, 2.45) is 5.92 Å². The summed E-state index contributed by atoms with van der Waals surface area (Å²) in [6, 6.07) is 0. The molecule has 0 bridgehead atoms. The molecule has 1 aliphatic heterocycles. The largest absolute Gasteiger partial charge is 0.479 e. The molecule has 0 aromatic rings. The van der Waals surface area contributed by atoms with Crippen LogP contribution in [0.5, 0.6) is 0 Å². The molecule has 2 fully saturated rings. The molecule has 1 heterocycles. The maximum Gasteiger partial charge on any atom is 0.338 e. The summed E-state index contributed by atoms with van der Waals surface area (Å²) in [5.41, 5.74) is -0.766.